The normalized spacial score (nSPS) is 12.7. The van der Waals surface area contributed by atoms with E-state index >= 15 is 0 Å². The van der Waals surface area contributed by atoms with E-state index in [1.807, 2.05) is 32.4 Å². The van der Waals surface area contributed by atoms with Crippen molar-refractivity contribution in [3.63, 3.8) is 0 Å². The first-order chi connectivity index (χ1) is 11.1. The molecule has 0 aliphatic rings. The maximum Gasteiger partial charge on any atom is 0.243 e. The van der Waals surface area contributed by atoms with Gasteiger partial charge in [-0.2, -0.15) is 4.98 Å². The van der Waals surface area contributed by atoms with Crippen LogP contribution in [0, 0.1) is 6.92 Å². The van der Waals surface area contributed by atoms with Crippen molar-refractivity contribution in [3.8, 4) is 0 Å². The molecule has 1 aromatic carbocycles. The molecule has 2 heterocycles. The van der Waals surface area contributed by atoms with Crippen LogP contribution < -0.4 is 0 Å². The van der Waals surface area contributed by atoms with E-state index in [0.29, 0.717) is 18.3 Å². The molecule has 1 atom stereocenters. The second-order valence-corrected chi connectivity index (χ2v) is 5.73. The number of imidazole rings is 1. The minimum absolute atomic E-state index is 0.0399. The highest BCUT2D eigenvalue weighted by atomic mass is 16.5. The third-order valence-electron chi connectivity index (χ3n) is 3.95. The summed E-state index contributed by atoms with van der Waals surface area (Å²) in [4.78, 5) is 10.9. The standard InChI is InChI=1S/C17H21N5O/c1-13(17-19-14(2)20-23-17)21(3)12-16-18-9-10-22(16)11-15-7-5-4-6-8-15/h4-10,13H,11-12H2,1-3H3. The molecule has 0 saturated heterocycles. The molecule has 6 heteroatoms. The Balaban J connectivity index is 1.69. The Labute approximate surface area is 135 Å². The van der Waals surface area contributed by atoms with Gasteiger partial charge in [-0.15, -0.1) is 0 Å². The third-order valence-corrected chi connectivity index (χ3v) is 3.95. The first kappa shape index (κ1) is 15.4. The van der Waals surface area contributed by atoms with Crippen molar-refractivity contribution in [2.45, 2.75) is 33.0 Å². The SMILES string of the molecule is Cc1noc(C(C)N(C)Cc2nccn2Cc2ccccc2)n1. The Morgan fingerprint density at radius 1 is 1.26 bits per heavy atom. The van der Waals surface area contributed by atoms with Crippen LogP contribution in [0.25, 0.3) is 0 Å². The molecule has 23 heavy (non-hydrogen) atoms. The molecule has 3 aromatic rings. The summed E-state index contributed by atoms with van der Waals surface area (Å²) in [6.45, 7) is 5.41. The fourth-order valence-corrected chi connectivity index (χ4v) is 2.45. The van der Waals surface area contributed by atoms with Gasteiger partial charge in [-0.25, -0.2) is 4.98 Å². The van der Waals surface area contributed by atoms with Crippen molar-refractivity contribution in [2.75, 3.05) is 7.05 Å². The summed E-state index contributed by atoms with van der Waals surface area (Å²) in [5.74, 6) is 2.30. The molecule has 0 N–H and O–H groups in total. The predicted octanol–water partition coefficient (Wildman–Crippen LogP) is 2.82. The number of hydrogen-bond acceptors (Lipinski definition) is 5. The Hall–Kier alpha value is -2.47. The molecule has 0 bridgehead atoms. The quantitative estimate of drug-likeness (QED) is 0.700. The first-order valence-electron chi connectivity index (χ1n) is 7.68. The van der Waals surface area contributed by atoms with Crippen LogP contribution in [0.2, 0.25) is 0 Å². The van der Waals surface area contributed by atoms with E-state index in [1.165, 1.54) is 5.56 Å². The third kappa shape index (κ3) is 3.65. The summed E-state index contributed by atoms with van der Waals surface area (Å²) in [5, 5.41) is 3.86. The molecule has 0 fully saturated rings. The summed E-state index contributed by atoms with van der Waals surface area (Å²) >= 11 is 0. The first-order valence-corrected chi connectivity index (χ1v) is 7.68. The van der Waals surface area contributed by atoms with Gasteiger partial charge in [0.1, 0.15) is 5.82 Å². The summed E-state index contributed by atoms with van der Waals surface area (Å²) in [7, 11) is 2.03. The molecule has 6 nitrogen and oxygen atoms in total. The van der Waals surface area contributed by atoms with Gasteiger partial charge >= 0.3 is 0 Å². The van der Waals surface area contributed by atoms with E-state index in [4.69, 9.17) is 4.52 Å². The molecule has 0 aliphatic carbocycles. The van der Waals surface area contributed by atoms with Gasteiger partial charge in [0.15, 0.2) is 5.82 Å². The molecule has 0 aliphatic heterocycles. The molecular formula is C17H21N5O. The Kier molecular flexibility index (Phi) is 4.52. The molecule has 120 valence electrons. The van der Waals surface area contributed by atoms with Crippen LogP contribution in [0.5, 0.6) is 0 Å². The number of hydrogen-bond donors (Lipinski definition) is 0. The van der Waals surface area contributed by atoms with E-state index in [-0.39, 0.29) is 6.04 Å². The van der Waals surface area contributed by atoms with Gasteiger partial charge in [0, 0.05) is 18.9 Å². The topological polar surface area (TPSA) is 60.0 Å². The van der Waals surface area contributed by atoms with Crippen LogP contribution in [0.3, 0.4) is 0 Å². The van der Waals surface area contributed by atoms with Gasteiger partial charge in [-0.3, -0.25) is 4.90 Å². The lowest BCUT2D eigenvalue weighted by Crippen LogP contribution is -2.24. The number of nitrogens with zero attached hydrogens (tertiary/aromatic N) is 5. The van der Waals surface area contributed by atoms with Gasteiger partial charge < -0.3 is 9.09 Å². The van der Waals surface area contributed by atoms with Crippen LogP contribution in [-0.4, -0.2) is 31.6 Å². The van der Waals surface area contributed by atoms with Crippen molar-refractivity contribution in [3.05, 3.63) is 65.8 Å². The van der Waals surface area contributed by atoms with Crippen molar-refractivity contribution in [1.29, 1.82) is 0 Å². The number of rotatable bonds is 6. The van der Waals surface area contributed by atoms with Crippen molar-refractivity contribution in [1.82, 2.24) is 24.6 Å². The van der Waals surface area contributed by atoms with Crippen LogP contribution in [0.15, 0.2) is 47.2 Å². The van der Waals surface area contributed by atoms with E-state index in [0.717, 1.165) is 12.4 Å². The second kappa shape index (κ2) is 6.75. The van der Waals surface area contributed by atoms with Crippen molar-refractivity contribution >= 4 is 0 Å². The smallest absolute Gasteiger partial charge is 0.243 e. The molecule has 2 aromatic heterocycles. The Morgan fingerprint density at radius 3 is 2.74 bits per heavy atom. The zero-order chi connectivity index (χ0) is 16.2. The zero-order valence-corrected chi connectivity index (χ0v) is 13.7. The number of aromatic nitrogens is 4. The summed E-state index contributed by atoms with van der Waals surface area (Å²) in [6.07, 6.45) is 3.85. The minimum Gasteiger partial charge on any atom is -0.338 e. The lowest BCUT2D eigenvalue weighted by atomic mass is 10.2. The van der Waals surface area contributed by atoms with E-state index in [9.17, 15) is 0 Å². The molecule has 0 amide bonds. The monoisotopic (exact) mass is 311 g/mol. The molecule has 3 rings (SSSR count). The highest BCUT2D eigenvalue weighted by Crippen LogP contribution is 2.18. The van der Waals surface area contributed by atoms with Crippen LogP contribution in [-0.2, 0) is 13.1 Å². The lowest BCUT2D eigenvalue weighted by Gasteiger charge is -2.21. The lowest BCUT2D eigenvalue weighted by molar-refractivity contribution is 0.197. The fraction of sp³-hybridized carbons (Fsp3) is 0.353. The molecule has 0 saturated carbocycles. The van der Waals surface area contributed by atoms with Gasteiger partial charge in [0.2, 0.25) is 5.89 Å². The van der Waals surface area contributed by atoms with Crippen molar-refractivity contribution < 1.29 is 4.52 Å². The largest absolute Gasteiger partial charge is 0.338 e. The zero-order valence-electron chi connectivity index (χ0n) is 13.7. The van der Waals surface area contributed by atoms with Crippen molar-refractivity contribution in [2.24, 2.45) is 0 Å². The molecule has 1 unspecified atom stereocenters. The molecule has 0 radical (unpaired) electrons. The molecular weight excluding hydrogens is 290 g/mol. The summed E-state index contributed by atoms with van der Waals surface area (Å²) < 4.78 is 7.43. The predicted molar refractivity (Wildman–Crippen MR) is 86.7 cm³/mol. The van der Waals surface area contributed by atoms with E-state index < -0.39 is 0 Å². The fourth-order valence-electron chi connectivity index (χ4n) is 2.45. The maximum absolute atomic E-state index is 5.26. The second-order valence-electron chi connectivity index (χ2n) is 5.73. The number of benzene rings is 1. The Morgan fingerprint density at radius 2 is 2.04 bits per heavy atom. The Bertz CT molecular complexity index is 749. The van der Waals surface area contributed by atoms with E-state index in [1.54, 1.807) is 0 Å². The average Bonchev–Trinajstić information content (AvgIpc) is 3.17. The summed E-state index contributed by atoms with van der Waals surface area (Å²) in [5.41, 5.74) is 1.26. The maximum atomic E-state index is 5.26. The van der Waals surface area contributed by atoms with Crippen LogP contribution in [0.1, 0.15) is 36.1 Å². The highest BCUT2D eigenvalue weighted by Gasteiger charge is 2.19. The van der Waals surface area contributed by atoms with Crippen LogP contribution in [0.4, 0.5) is 0 Å². The van der Waals surface area contributed by atoms with Gasteiger partial charge in [-0.1, -0.05) is 35.5 Å². The van der Waals surface area contributed by atoms with Gasteiger partial charge in [-0.05, 0) is 26.5 Å². The summed E-state index contributed by atoms with van der Waals surface area (Å²) in [6, 6.07) is 10.4. The minimum atomic E-state index is 0.0399. The molecule has 0 spiro atoms. The van der Waals surface area contributed by atoms with Crippen LogP contribution >= 0.6 is 0 Å². The number of aryl methyl sites for hydroxylation is 1. The average molecular weight is 311 g/mol. The van der Waals surface area contributed by atoms with Gasteiger partial charge in [0.05, 0.1) is 12.6 Å². The highest BCUT2D eigenvalue weighted by molar-refractivity contribution is 5.15. The van der Waals surface area contributed by atoms with E-state index in [2.05, 4.69) is 55.8 Å². The van der Waals surface area contributed by atoms with Gasteiger partial charge in [0.25, 0.3) is 0 Å².